The minimum absolute atomic E-state index is 0. The lowest BCUT2D eigenvalue weighted by Crippen LogP contribution is -2.12. The van der Waals surface area contributed by atoms with Crippen LogP contribution in [0.3, 0.4) is 0 Å². The van der Waals surface area contributed by atoms with E-state index in [1.165, 1.54) is 0 Å². The molecule has 0 fully saturated rings. The molecule has 0 aliphatic carbocycles. The molecule has 1 aromatic rings. The van der Waals surface area contributed by atoms with Gasteiger partial charge in [-0.3, -0.25) is 8.75 Å². The van der Waals surface area contributed by atoms with Crippen LogP contribution in [0.2, 0.25) is 0 Å². The fourth-order valence-electron chi connectivity index (χ4n) is 1.47. The summed E-state index contributed by atoms with van der Waals surface area (Å²) in [5, 5.41) is 0. The Morgan fingerprint density at radius 2 is 1.57 bits per heavy atom. The topological polar surface area (TPSA) is 78.9 Å². The van der Waals surface area contributed by atoms with Gasteiger partial charge in [0.25, 0.3) is 10.1 Å². The Hall–Kier alpha value is -0.290. The van der Waals surface area contributed by atoms with Crippen LogP contribution in [0.5, 0.6) is 0 Å². The van der Waals surface area contributed by atoms with Crippen molar-refractivity contribution in [3.63, 3.8) is 0 Å². The van der Waals surface area contributed by atoms with Gasteiger partial charge in [-0.1, -0.05) is 30.3 Å². The third-order valence-electron chi connectivity index (χ3n) is 2.23. The smallest absolute Gasteiger partial charge is 0.307 e. The molecule has 0 bridgehead atoms. The van der Waals surface area contributed by atoms with Gasteiger partial charge in [0.2, 0.25) is 0 Å². The van der Waals surface area contributed by atoms with Crippen LogP contribution >= 0.6 is 17.5 Å². The quantitative estimate of drug-likeness (QED) is 0.500. The zero-order valence-electron chi connectivity index (χ0n) is 12.2. The predicted octanol–water partition coefficient (Wildman–Crippen LogP) is 2.81. The highest BCUT2D eigenvalue weighted by atomic mass is 32.2. The third kappa shape index (κ3) is 8.05. The molecule has 0 aromatic heterocycles. The monoisotopic (exact) mass is 356 g/mol. The second kappa shape index (κ2) is 9.67. The molecule has 1 rings (SSSR count). The average Bonchev–Trinajstić information content (AvgIpc) is 2.38. The zero-order valence-corrected chi connectivity index (χ0v) is 15.4. The van der Waals surface area contributed by atoms with Crippen LogP contribution in [0.4, 0.5) is 0 Å². The van der Waals surface area contributed by atoms with Crippen molar-refractivity contribution in [2.24, 2.45) is 0 Å². The molecule has 21 heavy (non-hydrogen) atoms. The second-order valence-corrected chi connectivity index (χ2v) is 7.52. The average molecular weight is 356 g/mol. The van der Waals surface area contributed by atoms with Gasteiger partial charge < -0.3 is 9.05 Å². The molecule has 9 heteroatoms. The van der Waals surface area contributed by atoms with Crippen molar-refractivity contribution in [1.29, 1.82) is 0 Å². The first-order chi connectivity index (χ1) is 9.41. The molecular weight excluding hydrogens is 334 g/mol. The van der Waals surface area contributed by atoms with E-state index < -0.39 is 24.1 Å². The van der Waals surface area contributed by atoms with E-state index in [9.17, 15) is 13.0 Å². The zero-order chi connectivity index (χ0) is 15.1. The van der Waals surface area contributed by atoms with Crippen molar-refractivity contribution in [3.05, 3.63) is 35.9 Å². The molecule has 1 aromatic carbocycles. The molecule has 0 aliphatic heterocycles. The van der Waals surface area contributed by atoms with E-state index in [1.807, 2.05) is 0 Å². The molecule has 1 unspecified atom stereocenters. The molecule has 122 valence electrons. The minimum Gasteiger partial charge on any atom is -0.307 e. The molecule has 0 spiro atoms. The van der Waals surface area contributed by atoms with E-state index in [2.05, 4.69) is 0 Å². The van der Waals surface area contributed by atoms with Gasteiger partial charge in [0.1, 0.15) is 5.75 Å². The Balaban J connectivity index is 0.00000400. The van der Waals surface area contributed by atoms with E-state index in [0.29, 0.717) is 5.56 Å². The summed E-state index contributed by atoms with van der Waals surface area (Å²) in [6.45, 7) is 3.59. The van der Waals surface area contributed by atoms with E-state index in [-0.39, 0.29) is 28.9 Å². The summed E-state index contributed by atoms with van der Waals surface area (Å²) in [4.78, 5) is 0. The molecule has 0 amide bonds. The highest BCUT2D eigenvalue weighted by Crippen LogP contribution is 2.48. The van der Waals surface area contributed by atoms with Crippen LogP contribution in [-0.2, 0) is 33.7 Å². The number of hydrogen-bond acceptors (Lipinski definition) is 6. The first kappa shape index (κ1) is 20.7. The molecule has 0 heterocycles. The first-order valence-corrected chi connectivity index (χ1v) is 9.50. The molecule has 0 N–H and O–H groups in total. The molecule has 1 atom stereocenters. The number of rotatable bonds is 9. The Kier molecular flexibility index (Phi) is 9.54. The molecule has 6 nitrogen and oxygen atoms in total. The van der Waals surface area contributed by atoms with Crippen LogP contribution in [0.25, 0.3) is 0 Å². The van der Waals surface area contributed by atoms with Crippen LogP contribution in [0.1, 0.15) is 19.4 Å². The fourth-order valence-corrected chi connectivity index (χ4v) is 4.32. The lowest BCUT2D eigenvalue weighted by Gasteiger charge is -2.16. The Bertz CT molecular complexity index is 536. The van der Waals surface area contributed by atoms with Crippen molar-refractivity contribution >= 4 is 27.6 Å². The molecular formula is C12H22O6P2S. The van der Waals surface area contributed by atoms with Gasteiger partial charge >= 0.3 is 7.60 Å². The number of benzene rings is 1. The normalized spacial score (nSPS) is 11.9. The molecule has 0 aliphatic rings. The Morgan fingerprint density at radius 3 is 2.05 bits per heavy atom. The lowest BCUT2D eigenvalue weighted by molar-refractivity contribution is 0.198. The summed E-state index contributed by atoms with van der Waals surface area (Å²) in [6, 6.07) is 8.60. The van der Waals surface area contributed by atoms with Crippen LogP contribution in [0.15, 0.2) is 30.3 Å². The van der Waals surface area contributed by atoms with Crippen LogP contribution < -0.4 is 0 Å². The first-order valence-electron chi connectivity index (χ1n) is 6.20. The largest absolute Gasteiger partial charge is 0.357 e. The molecule has 0 radical (unpaired) electrons. The summed E-state index contributed by atoms with van der Waals surface area (Å²) >= 11 is 0. The third-order valence-corrected chi connectivity index (χ3v) is 5.32. The van der Waals surface area contributed by atoms with Crippen LogP contribution in [-0.4, -0.2) is 28.0 Å². The van der Waals surface area contributed by atoms with Crippen molar-refractivity contribution in [1.82, 2.24) is 0 Å². The predicted molar refractivity (Wildman–Crippen MR) is 87.0 cm³/mol. The van der Waals surface area contributed by atoms with Crippen molar-refractivity contribution in [2.45, 2.75) is 19.6 Å². The van der Waals surface area contributed by atoms with E-state index in [1.54, 1.807) is 44.2 Å². The van der Waals surface area contributed by atoms with Gasteiger partial charge in [-0.15, -0.1) is 0 Å². The maximum absolute atomic E-state index is 12.1. The maximum atomic E-state index is 12.1. The lowest BCUT2D eigenvalue weighted by atomic mass is 10.2. The molecule has 0 saturated heterocycles. The Morgan fingerprint density at radius 1 is 1.05 bits per heavy atom. The Labute approximate surface area is 129 Å². The van der Waals surface area contributed by atoms with Crippen molar-refractivity contribution in [2.75, 3.05) is 19.6 Å². The van der Waals surface area contributed by atoms with Crippen LogP contribution in [0, 0.1) is 0 Å². The summed E-state index contributed by atoms with van der Waals surface area (Å²) in [6.07, 6.45) is -0.607. The number of hydrogen-bond donors (Lipinski definition) is 0. The van der Waals surface area contributed by atoms with Gasteiger partial charge in [-0.05, 0) is 19.4 Å². The van der Waals surface area contributed by atoms with E-state index in [0.717, 1.165) is 0 Å². The fraction of sp³-hybridized carbons (Fsp3) is 0.500. The SMILES string of the molecule is CCOP(=O)(COS(=O)(=O)Cc1ccccc1)OCC.P. The highest BCUT2D eigenvalue weighted by Gasteiger charge is 2.27. The van der Waals surface area contributed by atoms with Gasteiger partial charge in [-0.2, -0.15) is 18.3 Å². The van der Waals surface area contributed by atoms with Crippen molar-refractivity contribution in [3.8, 4) is 0 Å². The summed E-state index contributed by atoms with van der Waals surface area (Å²) < 4.78 is 50.4. The van der Waals surface area contributed by atoms with E-state index in [4.69, 9.17) is 13.2 Å². The maximum Gasteiger partial charge on any atom is 0.357 e. The van der Waals surface area contributed by atoms with Gasteiger partial charge in [-0.25, -0.2) is 0 Å². The summed E-state index contributed by atoms with van der Waals surface area (Å²) in [5.74, 6) is -0.286. The summed E-state index contributed by atoms with van der Waals surface area (Å²) in [5.41, 5.74) is 0.593. The van der Waals surface area contributed by atoms with Gasteiger partial charge in [0.05, 0.1) is 13.2 Å². The highest BCUT2D eigenvalue weighted by molar-refractivity contribution is 7.86. The minimum atomic E-state index is -3.84. The summed E-state index contributed by atoms with van der Waals surface area (Å²) in [7, 11) is -7.36. The molecule has 0 saturated carbocycles. The van der Waals surface area contributed by atoms with Gasteiger partial charge in [0.15, 0.2) is 6.35 Å². The van der Waals surface area contributed by atoms with Crippen molar-refractivity contribution < 1.29 is 26.2 Å². The standard InChI is InChI=1S/C12H19O6PS.H3P/c1-3-16-19(13,17-4-2)11-18-20(14,15)10-12-8-6-5-7-9-12;/h5-9H,3-4,10-11H2,1-2H3;1H3. The second-order valence-electron chi connectivity index (χ2n) is 3.88. The van der Waals surface area contributed by atoms with E-state index >= 15 is 0 Å². The van der Waals surface area contributed by atoms with Gasteiger partial charge in [0, 0.05) is 0 Å².